The predicted molar refractivity (Wildman–Crippen MR) is 82.7 cm³/mol. The molecule has 0 saturated carbocycles. The molecule has 0 aliphatic heterocycles. The molecule has 0 aliphatic carbocycles. The minimum atomic E-state index is 0.582. The number of nitrogens with one attached hydrogen (secondary N) is 1. The van der Waals surface area contributed by atoms with Gasteiger partial charge in [-0.25, -0.2) is 0 Å². The molecule has 18 heavy (non-hydrogen) atoms. The van der Waals surface area contributed by atoms with Crippen molar-refractivity contribution in [1.29, 1.82) is 0 Å². The number of aryl methyl sites for hydroxylation is 1. The Labute approximate surface area is 125 Å². The molecule has 1 N–H and O–H groups in total. The first-order valence-corrected chi connectivity index (χ1v) is 7.05. The van der Waals surface area contributed by atoms with E-state index in [1.165, 1.54) is 5.56 Å². The summed E-state index contributed by atoms with van der Waals surface area (Å²) in [6.45, 7) is 2.78. The van der Waals surface area contributed by atoms with Gasteiger partial charge < -0.3 is 5.32 Å². The maximum Gasteiger partial charge on any atom is 0.0595 e. The van der Waals surface area contributed by atoms with Crippen LogP contribution in [0.25, 0.3) is 0 Å². The van der Waals surface area contributed by atoms with Crippen LogP contribution in [0.1, 0.15) is 11.1 Å². The van der Waals surface area contributed by atoms with Crippen molar-refractivity contribution in [2.45, 2.75) is 13.5 Å². The molecular formula is C14H12BrCl2N. The van der Waals surface area contributed by atoms with E-state index in [9.17, 15) is 0 Å². The number of halogens is 3. The van der Waals surface area contributed by atoms with E-state index in [0.29, 0.717) is 16.6 Å². The lowest BCUT2D eigenvalue weighted by atomic mass is 10.2. The molecule has 4 heteroatoms. The molecule has 2 aromatic rings. The maximum absolute atomic E-state index is 5.97. The highest BCUT2D eigenvalue weighted by molar-refractivity contribution is 9.10. The fourth-order valence-electron chi connectivity index (χ4n) is 1.56. The zero-order valence-corrected chi connectivity index (χ0v) is 12.9. The van der Waals surface area contributed by atoms with Gasteiger partial charge in [-0.3, -0.25) is 0 Å². The van der Waals surface area contributed by atoms with Gasteiger partial charge in [0.2, 0.25) is 0 Å². The minimum absolute atomic E-state index is 0.582. The molecule has 0 spiro atoms. The quantitative estimate of drug-likeness (QED) is 0.755. The second kappa shape index (κ2) is 5.96. The number of benzene rings is 2. The van der Waals surface area contributed by atoms with Crippen molar-refractivity contribution < 1.29 is 0 Å². The third kappa shape index (κ3) is 3.41. The molecule has 0 amide bonds. The number of hydrogen-bond acceptors (Lipinski definition) is 1. The summed E-state index contributed by atoms with van der Waals surface area (Å²) in [4.78, 5) is 0. The average Bonchev–Trinajstić information content (AvgIpc) is 2.35. The summed E-state index contributed by atoms with van der Waals surface area (Å²) >= 11 is 15.4. The van der Waals surface area contributed by atoms with Crippen molar-refractivity contribution in [3.05, 3.63) is 62.0 Å². The molecular weight excluding hydrogens is 333 g/mol. The molecule has 94 valence electrons. The first kappa shape index (κ1) is 13.7. The van der Waals surface area contributed by atoms with E-state index in [-0.39, 0.29) is 0 Å². The highest BCUT2D eigenvalue weighted by Gasteiger charge is 2.01. The number of hydrogen-bond donors (Lipinski definition) is 1. The average molecular weight is 345 g/mol. The predicted octanol–water partition coefficient (Wildman–Crippen LogP) is 5.68. The van der Waals surface area contributed by atoms with Crippen molar-refractivity contribution in [1.82, 2.24) is 0 Å². The van der Waals surface area contributed by atoms with E-state index in [0.717, 1.165) is 15.7 Å². The zero-order chi connectivity index (χ0) is 13.1. The number of rotatable bonds is 3. The van der Waals surface area contributed by atoms with Crippen molar-refractivity contribution >= 4 is 44.8 Å². The highest BCUT2D eigenvalue weighted by atomic mass is 79.9. The van der Waals surface area contributed by atoms with Gasteiger partial charge >= 0.3 is 0 Å². The first-order valence-electron chi connectivity index (χ1n) is 5.50. The molecule has 0 radical (unpaired) electrons. The van der Waals surface area contributed by atoms with Crippen molar-refractivity contribution in [3.63, 3.8) is 0 Å². The Kier molecular flexibility index (Phi) is 4.55. The lowest BCUT2D eigenvalue weighted by molar-refractivity contribution is 1.15. The smallest absolute Gasteiger partial charge is 0.0595 e. The van der Waals surface area contributed by atoms with Crippen LogP contribution in [-0.4, -0.2) is 0 Å². The summed E-state index contributed by atoms with van der Waals surface area (Å²) in [6, 6.07) is 11.8. The summed E-state index contributed by atoms with van der Waals surface area (Å²) in [6.07, 6.45) is 0. The van der Waals surface area contributed by atoms with Crippen LogP contribution >= 0.6 is 39.1 Å². The van der Waals surface area contributed by atoms with Gasteiger partial charge in [-0.05, 0) is 42.3 Å². The van der Waals surface area contributed by atoms with Gasteiger partial charge in [0.15, 0.2) is 0 Å². The lowest BCUT2D eigenvalue weighted by Gasteiger charge is -2.09. The van der Waals surface area contributed by atoms with Gasteiger partial charge in [0.25, 0.3) is 0 Å². The number of anilines is 1. The van der Waals surface area contributed by atoms with Crippen LogP contribution in [-0.2, 0) is 6.54 Å². The Bertz CT molecular complexity index is 518. The Morgan fingerprint density at radius 3 is 2.50 bits per heavy atom. The Hall–Kier alpha value is -0.700. The van der Waals surface area contributed by atoms with Crippen molar-refractivity contribution in [3.8, 4) is 0 Å². The topological polar surface area (TPSA) is 12.0 Å². The van der Waals surface area contributed by atoms with Crippen LogP contribution in [0.4, 0.5) is 5.69 Å². The molecule has 0 fully saturated rings. The summed E-state index contributed by atoms with van der Waals surface area (Å²) in [5, 5.41) is 4.51. The highest BCUT2D eigenvalue weighted by Crippen LogP contribution is 2.24. The van der Waals surface area contributed by atoms with Crippen LogP contribution in [0.5, 0.6) is 0 Å². The summed E-state index contributed by atoms with van der Waals surface area (Å²) < 4.78 is 1.10. The van der Waals surface area contributed by atoms with Crippen LogP contribution in [0.3, 0.4) is 0 Å². The normalized spacial score (nSPS) is 10.4. The summed E-state index contributed by atoms with van der Waals surface area (Å²) in [5.74, 6) is 0. The van der Waals surface area contributed by atoms with E-state index < -0.39 is 0 Å². The molecule has 1 nitrogen and oxygen atoms in total. The molecule has 2 aromatic carbocycles. The molecule has 0 atom stereocenters. The van der Waals surface area contributed by atoms with Gasteiger partial charge in [0.05, 0.1) is 10.0 Å². The van der Waals surface area contributed by atoms with E-state index >= 15 is 0 Å². The molecule has 0 unspecified atom stereocenters. The maximum atomic E-state index is 5.97. The Morgan fingerprint density at radius 1 is 1.06 bits per heavy atom. The monoisotopic (exact) mass is 343 g/mol. The summed E-state index contributed by atoms with van der Waals surface area (Å²) in [5.41, 5.74) is 3.38. The van der Waals surface area contributed by atoms with Gasteiger partial charge in [-0.2, -0.15) is 0 Å². The molecule has 0 heterocycles. The van der Waals surface area contributed by atoms with Crippen LogP contribution in [0, 0.1) is 6.92 Å². The van der Waals surface area contributed by atoms with Crippen molar-refractivity contribution in [2.75, 3.05) is 5.32 Å². The SMILES string of the molecule is Cc1ccc(NCc2ccc(Cl)c(Cl)c2)cc1Br. The second-order valence-electron chi connectivity index (χ2n) is 4.07. The fourth-order valence-corrected chi connectivity index (χ4v) is 2.26. The minimum Gasteiger partial charge on any atom is -0.381 e. The van der Waals surface area contributed by atoms with Crippen LogP contribution < -0.4 is 5.32 Å². The molecule has 0 aliphatic rings. The molecule has 0 aromatic heterocycles. The standard InChI is InChI=1S/C14H12BrCl2N/c1-9-2-4-11(7-12(9)15)18-8-10-3-5-13(16)14(17)6-10/h2-7,18H,8H2,1H3. The fraction of sp³-hybridized carbons (Fsp3) is 0.143. The van der Waals surface area contributed by atoms with Gasteiger partial charge in [-0.15, -0.1) is 0 Å². The summed E-state index contributed by atoms with van der Waals surface area (Å²) in [7, 11) is 0. The Balaban J connectivity index is 2.06. The Morgan fingerprint density at radius 2 is 1.83 bits per heavy atom. The third-order valence-corrected chi connectivity index (χ3v) is 4.25. The van der Waals surface area contributed by atoms with E-state index in [1.807, 2.05) is 18.2 Å². The van der Waals surface area contributed by atoms with Gasteiger partial charge in [0.1, 0.15) is 0 Å². The van der Waals surface area contributed by atoms with Gasteiger partial charge in [0, 0.05) is 16.7 Å². The van der Waals surface area contributed by atoms with E-state index in [2.05, 4.69) is 46.4 Å². The van der Waals surface area contributed by atoms with Crippen LogP contribution in [0.15, 0.2) is 40.9 Å². The van der Waals surface area contributed by atoms with Crippen molar-refractivity contribution in [2.24, 2.45) is 0 Å². The van der Waals surface area contributed by atoms with Crippen LogP contribution in [0.2, 0.25) is 10.0 Å². The van der Waals surface area contributed by atoms with E-state index in [1.54, 1.807) is 0 Å². The largest absolute Gasteiger partial charge is 0.381 e. The third-order valence-electron chi connectivity index (χ3n) is 2.65. The second-order valence-corrected chi connectivity index (χ2v) is 5.73. The lowest BCUT2D eigenvalue weighted by Crippen LogP contribution is -1.99. The molecule has 0 bridgehead atoms. The zero-order valence-electron chi connectivity index (χ0n) is 9.81. The van der Waals surface area contributed by atoms with Gasteiger partial charge in [-0.1, -0.05) is 51.3 Å². The molecule has 2 rings (SSSR count). The van der Waals surface area contributed by atoms with E-state index in [4.69, 9.17) is 23.2 Å². The first-order chi connectivity index (χ1) is 8.56. The molecule has 0 saturated heterocycles.